The normalized spacial score (nSPS) is 15.2. The predicted octanol–water partition coefficient (Wildman–Crippen LogP) is 5.58. The summed E-state index contributed by atoms with van der Waals surface area (Å²) in [6.45, 7) is 10.8. The maximum absolute atomic E-state index is 4.15. The first kappa shape index (κ1) is 12.9. The van der Waals surface area contributed by atoms with Crippen LogP contribution in [0, 0.1) is 0 Å². The Morgan fingerprint density at radius 2 is 1.70 bits per heavy atom. The van der Waals surface area contributed by atoms with Gasteiger partial charge in [-0.2, -0.15) is 0 Å². The fourth-order valence-corrected chi connectivity index (χ4v) is 3.20. The molecule has 0 atom stereocenters. The van der Waals surface area contributed by atoms with Gasteiger partial charge >= 0.3 is 0 Å². The molecule has 1 aliphatic carbocycles. The molecule has 0 saturated carbocycles. The van der Waals surface area contributed by atoms with E-state index in [1.807, 2.05) is 13.0 Å². The van der Waals surface area contributed by atoms with E-state index in [4.69, 9.17) is 0 Å². The molecule has 100 valence electrons. The van der Waals surface area contributed by atoms with Crippen LogP contribution in [0.4, 0.5) is 0 Å². The summed E-state index contributed by atoms with van der Waals surface area (Å²) >= 11 is 0. The van der Waals surface area contributed by atoms with Crippen molar-refractivity contribution in [2.24, 2.45) is 0 Å². The summed E-state index contributed by atoms with van der Waals surface area (Å²) in [5, 5.41) is 0. The van der Waals surface area contributed by atoms with Crippen molar-refractivity contribution >= 4 is 5.57 Å². The maximum atomic E-state index is 4.15. The molecule has 0 nitrogen and oxygen atoms in total. The summed E-state index contributed by atoms with van der Waals surface area (Å²) in [6, 6.07) is 15.5. The van der Waals surface area contributed by atoms with E-state index in [2.05, 4.69) is 69.0 Å². The molecule has 2 aromatic carbocycles. The van der Waals surface area contributed by atoms with Crippen LogP contribution in [-0.2, 0) is 5.41 Å². The molecule has 0 bridgehead atoms. The van der Waals surface area contributed by atoms with Gasteiger partial charge in [0, 0.05) is 5.41 Å². The van der Waals surface area contributed by atoms with E-state index < -0.39 is 0 Å². The van der Waals surface area contributed by atoms with E-state index in [1.165, 1.54) is 27.8 Å². The standard InChI is InChI=1S/C20H20/c1-5-8-14(2)15-11-12-17-16-9-6-7-10-18(16)20(3,4)19(17)13-15/h5-13H,2H2,1,3-4H3/b8-5-. The monoisotopic (exact) mass is 260 g/mol. The number of hydrogen-bond donors (Lipinski definition) is 0. The summed E-state index contributed by atoms with van der Waals surface area (Å²) < 4.78 is 0. The minimum Gasteiger partial charge on any atom is -0.0912 e. The van der Waals surface area contributed by atoms with Crippen molar-refractivity contribution in [3.05, 3.63) is 77.9 Å². The molecular formula is C20H20. The topological polar surface area (TPSA) is 0 Å². The van der Waals surface area contributed by atoms with Crippen LogP contribution in [0.1, 0.15) is 37.5 Å². The Labute approximate surface area is 121 Å². The predicted molar refractivity (Wildman–Crippen MR) is 87.9 cm³/mol. The molecule has 0 N–H and O–H groups in total. The summed E-state index contributed by atoms with van der Waals surface area (Å²) in [4.78, 5) is 0. The lowest BCUT2D eigenvalue weighted by molar-refractivity contribution is 0.660. The summed E-state index contributed by atoms with van der Waals surface area (Å²) in [5.41, 5.74) is 7.91. The lowest BCUT2D eigenvalue weighted by Crippen LogP contribution is -2.15. The zero-order chi connectivity index (χ0) is 14.3. The van der Waals surface area contributed by atoms with Crippen molar-refractivity contribution in [2.75, 3.05) is 0 Å². The Kier molecular flexibility index (Phi) is 2.90. The van der Waals surface area contributed by atoms with Gasteiger partial charge in [-0.15, -0.1) is 0 Å². The average molecular weight is 260 g/mol. The van der Waals surface area contributed by atoms with Gasteiger partial charge in [0.2, 0.25) is 0 Å². The minimum absolute atomic E-state index is 0.0676. The van der Waals surface area contributed by atoms with E-state index in [0.717, 1.165) is 5.57 Å². The molecule has 0 aliphatic heterocycles. The second-order valence-corrected chi connectivity index (χ2v) is 5.96. The number of rotatable bonds is 2. The van der Waals surface area contributed by atoms with Gasteiger partial charge in [0.25, 0.3) is 0 Å². The molecule has 0 fully saturated rings. The second-order valence-electron chi connectivity index (χ2n) is 5.96. The zero-order valence-corrected chi connectivity index (χ0v) is 12.4. The molecule has 0 aromatic heterocycles. The van der Waals surface area contributed by atoms with Gasteiger partial charge in [0.05, 0.1) is 0 Å². The number of hydrogen-bond acceptors (Lipinski definition) is 0. The van der Waals surface area contributed by atoms with Crippen LogP contribution in [0.5, 0.6) is 0 Å². The second kappa shape index (κ2) is 4.49. The van der Waals surface area contributed by atoms with Gasteiger partial charge in [-0.1, -0.05) is 69.0 Å². The van der Waals surface area contributed by atoms with Crippen LogP contribution in [-0.4, -0.2) is 0 Å². The summed E-state index contributed by atoms with van der Waals surface area (Å²) in [7, 11) is 0. The third-order valence-electron chi connectivity index (χ3n) is 4.32. The van der Waals surface area contributed by atoms with Gasteiger partial charge in [0.15, 0.2) is 0 Å². The van der Waals surface area contributed by atoms with Crippen molar-refractivity contribution in [1.82, 2.24) is 0 Å². The quantitative estimate of drug-likeness (QED) is 0.618. The van der Waals surface area contributed by atoms with Gasteiger partial charge < -0.3 is 0 Å². The molecule has 0 amide bonds. The number of allylic oxidation sites excluding steroid dienone is 3. The lowest BCUT2D eigenvalue weighted by atomic mass is 9.81. The molecule has 0 radical (unpaired) electrons. The van der Waals surface area contributed by atoms with Crippen LogP contribution >= 0.6 is 0 Å². The lowest BCUT2D eigenvalue weighted by Gasteiger charge is -2.22. The third-order valence-corrected chi connectivity index (χ3v) is 4.32. The van der Waals surface area contributed by atoms with Crippen molar-refractivity contribution in [3.8, 4) is 11.1 Å². The molecule has 0 unspecified atom stereocenters. The average Bonchev–Trinajstić information content (AvgIpc) is 2.68. The van der Waals surface area contributed by atoms with Crippen LogP contribution in [0.25, 0.3) is 16.7 Å². The van der Waals surface area contributed by atoms with Gasteiger partial charge in [-0.25, -0.2) is 0 Å². The Hall–Kier alpha value is -2.08. The molecule has 0 heterocycles. The Bertz CT molecular complexity index is 715. The van der Waals surface area contributed by atoms with Crippen LogP contribution in [0.15, 0.2) is 61.2 Å². The van der Waals surface area contributed by atoms with Crippen molar-refractivity contribution in [2.45, 2.75) is 26.2 Å². The summed E-state index contributed by atoms with van der Waals surface area (Å²) in [6.07, 6.45) is 4.10. The molecular weight excluding hydrogens is 240 g/mol. The first-order chi connectivity index (χ1) is 9.55. The van der Waals surface area contributed by atoms with E-state index in [1.54, 1.807) is 0 Å². The van der Waals surface area contributed by atoms with E-state index >= 15 is 0 Å². The first-order valence-electron chi connectivity index (χ1n) is 7.12. The minimum atomic E-state index is 0.0676. The van der Waals surface area contributed by atoms with Crippen molar-refractivity contribution in [3.63, 3.8) is 0 Å². The first-order valence-corrected chi connectivity index (χ1v) is 7.12. The molecule has 3 rings (SSSR count). The van der Waals surface area contributed by atoms with Gasteiger partial charge in [0.1, 0.15) is 0 Å². The molecule has 2 aromatic rings. The fourth-order valence-electron chi connectivity index (χ4n) is 3.20. The molecule has 0 heteroatoms. The van der Waals surface area contributed by atoms with Crippen molar-refractivity contribution < 1.29 is 0 Å². The molecule has 20 heavy (non-hydrogen) atoms. The number of benzene rings is 2. The fraction of sp³-hybridized carbons (Fsp3) is 0.200. The Morgan fingerprint density at radius 3 is 2.45 bits per heavy atom. The molecule has 1 aliphatic rings. The zero-order valence-electron chi connectivity index (χ0n) is 12.4. The largest absolute Gasteiger partial charge is 0.0912 e. The van der Waals surface area contributed by atoms with E-state index in [-0.39, 0.29) is 5.41 Å². The highest BCUT2D eigenvalue weighted by Gasteiger charge is 2.35. The Balaban J connectivity index is 2.20. The third kappa shape index (κ3) is 1.76. The van der Waals surface area contributed by atoms with Gasteiger partial charge in [-0.3, -0.25) is 0 Å². The maximum Gasteiger partial charge on any atom is 0.0159 e. The van der Waals surface area contributed by atoms with Crippen LogP contribution in [0.3, 0.4) is 0 Å². The van der Waals surface area contributed by atoms with Crippen molar-refractivity contribution in [1.29, 1.82) is 0 Å². The smallest absolute Gasteiger partial charge is 0.0159 e. The highest BCUT2D eigenvalue weighted by molar-refractivity contribution is 5.83. The summed E-state index contributed by atoms with van der Waals surface area (Å²) in [5.74, 6) is 0. The highest BCUT2D eigenvalue weighted by Crippen LogP contribution is 2.48. The van der Waals surface area contributed by atoms with Gasteiger partial charge in [-0.05, 0) is 46.4 Å². The van der Waals surface area contributed by atoms with E-state index in [0.29, 0.717) is 0 Å². The Morgan fingerprint density at radius 1 is 1.00 bits per heavy atom. The highest BCUT2D eigenvalue weighted by atomic mass is 14.4. The van der Waals surface area contributed by atoms with Crippen LogP contribution in [0.2, 0.25) is 0 Å². The number of fused-ring (bicyclic) bond motifs is 3. The molecule has 0 saturated heterocycles. The SMILES string of the molecule is C=C(/C=C\C)c1ccc2c(c1)C(C)(C)c1ccccc1-2. The van der Waals surface area contributed by atoms with Crippen LogP contribution < -0.4 is 0 Å². The van der Waals surface area contributed by atoms with E-state index in [9.17, 15) is 0 Å². The molecule has 0 spiro atoms.